The monoisotopic (exact) mass is 276 g/mol. The van der Waals surface area contributed by atoms with Crippen LogP contribution in [0.15, 0.2) is 36.4 Å². The zero-order chi connectivity index (χ0) is 14.7. The van der Waals surface area contributed by atoms with Crippen molar-refractivity contribution in [3.05, 3.63) is 58.0 Å². The Morgan fingerprint density at radius 2 is 2.15 bits per heavy atom. The predicted octanol–water partition coefficient (Wildman–Crippen LogP) is 2.21. The van der Waals surface area contributed by atoms with Crippen molar-refractivity contribution in [3.8, 4) is 11.6 Å². The first-order valence-electron chi connectivity index (χ1n) is 5.40. The number of nitrogens with one attached hydrogen (secondary N) is 1. The average molecular weight is 276 g/mol. The van der Waals surface area contributed by atoms with Gasteiger partial charge in [-0.1, -0.05) is 6.07 Å². The molecular formula is C12H9FN4O3. The number of halogens is 1. The van der Waals surface area contributed by atoms with Crippen LogP contribution in [0.1, 0.15) is 5.69 Å². The number of nitrogen functional groups attached to an aromatic ring is 1. The van der Waals surface area contributed by atoms with Crippen LogP contribution in [0, 0.1) is 21.3 Å². The van der Waals surface area contributed by atoms with Crippen LogP contribution in [0.25, 0.3) is 0 Å². The van der Waals surface area contributed by atoms with Gasteiger partial charge in [0.25, 0.3) is 0 Å². The predicted molar refractivity (Wildman–Crippen MR) is 68.4 cm³/mol. The van der Waals surface area contributed by atoms with Crippen molar-refractivity contribution < 1.29 is 14.1 Å². The first kappa shape index (κ1) is 13.4. The molecule has 2 rings (SSSR count). The van der Waals surface area contributed by atoms with Crippen LogP contribution in [0.3, 0.4) is 0 Å². The third-order valence-corrected chi connectivity index (χ3v) is 2.33. The number of rotatable bonds is 4. The Labute approximate surface area is 112 Å². The first-order valence-corrected chi connectivity index (χ1v) is 5.40. The third-order valence-electron chi connectivity index (χ3n) is 2.33. The lowest BCUT2D eigenvalue weighted by Gasteiger charge is -2.06. The maximum Gasteiger partial charge on any atom is 0.314 e. The van der Waals surface area contributed by atoms with Crippen LogP contribution in [0.4, 0.5) is 10.1 Å². The Morgan fingerprint density at radius 3 is 2.80 bits per heavy atom. The number of nitro groups is 1. The van der Waals surface area contributed by atoms with E-state index in [1.165, 1.54) is 18.2 Å². The van der Waals surface area contributed by atoms with E-state index >= 15 is 0 Å². The third kappa shape index (κ3) is 2.86. The van der Waals surface area contributed by atoms with Gasteiger partial charge in [0.2, 0.25) is 11.6 Å². The number of nitrogens with two attached hydrogens (primary N) is 1. The summed E-state index contributed by atoms with van der Waals surface area (Å²) in [5.41, 5.74) is 4.94. The fourth-order valence-electron chi connectivity index (χ4n) is 1.45. The van der Waals surface area contributed by atoms with Crippen molar-refractivity contribution in [1.82, 2.24) is 4.98 Å². The van der Waals surface area contributed by atoms with Gasteiger partial charge in [-0.25, -0.2) is 9.37 Å². The summed E-state index contributed by atoms with van der Waals surface area (Å²) in [6, 6.07) is 7.40. The highest BCUT2D eigenvalue weighted by Gasteiger charge is 2.17. The molecule has 1 heterocycles. The lowest BCUT2D eigenvalue weighted by Crippen LogP contribution is -2.13. The molecule has 0 saturated carbocycles. The smallest absolute Gasteiger partial charge is 0.314 e. The van der Waals surface area contributed by atoms with E-state index in [1.54, 1.807) is 0 Å². The molecule has 0 aliphatic heterocycles. The van der Waals surface area contributed by atoms with E-state index in [2.05, 4.69) is 4.98 Å². The largest absolute Gasteiger partial charge is 0.432 e. The fourth-order valence-corrected chi connectivity index (χ4v) is 1.45. The standard InChI is InChI=1S/C12H9FN4O3/c13-7-4-5-10(9(6-7)17(18)19)20-11-3-1-2-8(16-11)12(14)15/h1-6H,(H3,14,15). The number of hydrogen-bond acceptors (Lipinski definition) is 5. The van der Waals surface area contributed by atoms with Gasteiger partial charge in [0.15, 0.2) is 0 Å². The normalized spacial score (nSPS) is 10.1. The minimum atomic E-state index is -0.757. The van der Waals surface area contributed by atoms with Crippen molar-refractivity contribution in [1.29, 1.82) is 5.41 Å². The summed E-state index contributed by atoms with van der Waals surface area (Å²) in [6.45, 7) is 0. The molecule has 7 nitrogen and oxygen atoms in total. The Bertz CT molecular complexity index is 690. The van der Waals surface area contributed by atoms with E-state index in [1.807, 2.05) is 0 Å². The molecule has 0 bridgehead atoms. The summed E-state index contributed by atoms with van der Waals surface area (Å²) in [5, 5.41) is 18.1. The van der Waals surface area contributed by atoms with Gasteiger partial charge in [-0.3, -0.25) is 15.5 Å². The van der Waals surface area contributed by atoms with Gasteiger partial charge in [-0.05, 0) is 18.2 Å². The minimum absolute atomic E-state index is 0.0207. The number of hydrogen-bond donors (Lipinski definition) is 2. The van der Waals surface area contributed by atoms with Crippen LogP contribution >= 0.6 is 0 Å². The zero-order valence-electron chi connectivity index (χ0n) is 10.0. The molecule has 0 saturated heterocycles. The van der Waals surface area contributed by atoms with Gasteiger partial charge in [0.1, 0.15) is 17.3 Å². The second-order valence-electron chi connectivity index (χ2n) is 3.75. The number of pyridine rings is 1. The van der Waals surface area contributed by atoms with Gasteiger partial charge < -0.3 is 10.5 Å². The van der Waals surface area contributed by atoms with E-state index in [-0.39, 0.29) is 23.2 Å². The quantitative estimate of drug-likeness (QED) is 0.384. The number of benzene rings is 1. The topological polar surface area (TPSA) is 115 Å². The highest BCUT2D eigenvalue weighted by Crippen LogP contribution is 2.30. The van der Waals surface area contributed by atoms with E-state index in [0.29, 0.717) is 0 Å². The number of ether oxygens (including phenoxy) is 1. The SMILES string of the molecule is N=C(N)c1cccc(Oc2ccc(F)cc2[N+](=O)[O-])n1. The van der Waals surface area contributed by atoms with E-state index in [0.717, 1.165) is 18.2 Å². The second kappa shape index (κ2) is 5.31. The molecule has 0 unspecified atom stereocenters. The summed E-state index contributed by atoms with van der Waals surface area (Å²) in [7, 11) is 0. The molecule has 8 heteroatoms. The van der Waals surface area contributed by atoms with E-state index < -0.39 is 16.4 Å². The molecule has 20 heavy (non-hydrogen) atoms. The van der Waals surface area contributed by atoms with Gasteiger partial charge in [0.05, 0.1) is 11.0 Å². The van der Waals surface area contributed by atoms with Crippen LogP contribution in [0.2, 0.25) is 0 Å². The molecule has 0 atom stereocenters. The summed E-state index contributed by atoms with van der Waals surface area (Å²) < 4.78 is 18.2. The highest BCUT2D eigenvalue weighted by molar-refractivity contribution is 5.93. The van der Waals surface area contributed by atoms with Crippen molar-refractivity contribution in [2.75, 3.05) is 0 Å². The van der Waals surface area contributed by atoms with Crippen LogP contribution in [-0.2, 0) is 0 Å². The fraction of sp³-hybridized carbons (Fsp3) is 0. The first-order chi connectivity index (χ1) is 9.47. The Kier molecular flexibility index (Phi) is 3.56. The minimum Gasteiger partial charge on any atom is -0.432 e. The molecular weight excluding hydrogens is 267 g/mol. The lowest BCUT2D eigenvalue weighted by molar-refractivity contribution is -0.385. The van der Waals surface area contributed by atoms with Crippen LogP contribution in [-0.4, -0.2) is 15.7 Å². The average Bonchev–Trinajstić information content (AvgIpc) is 2.41. The molecule has 0 radical (unpaired) electrons. The summed E-state index contributed by atoms with van der Waals surface area (Å²) in [5.74, 6) is -1.13. The lowest BCUT2D eigenvalue weighted by atomic mass is 10.3. The molecule has 0 fully saturated rings. The number of aromatic nitrogens is 1. The molecule has 0 aliphatic carbocycles. The van der Waals surface area contributed by atoms with Gasteiger partial charge in [-0.15, -0.1) is 0 Å². The van der Waals surface area contributed by atoms with Crippen molar-refractivity contribution >= 4 is 11.5 Å². The summed E-state index contributed by atoms with van der Waals surface area (Å²) in [4.78, 5) is 14.0. The molecule has 2 aromatic rings. The number of nitrogens with zero attached hydrogens (tertiary/aromatic N) is 2. The molecule has 3 N–H and O–H groups in total. The van der Waals surface area contributed by atoms with E-state index in [9.17, 15) is 14.5 Å². The van der Waals surface area contributed by atoms with Crippen molar-refractivity contribution in [3.63, 3.8) is 0 Å². The van der Waals surface area contributed by atoms with Crippen LogP contribution < -0.4 is 10.5 Å². The molecule has 102 valence electrons. The number of nitro benzene ring substituents is 1. The molecule has 1 aromatic carbocycles. The van der Waals surface area contributed by atoms with E-state index in [4.69, 9.17) is 15.9 Å². The second-order valence-corrected chi connectivity index (χ2v) is 3.75. The highest BCUT2D eigenvalue weighted by atomic mass is 19.1. The molecule has 0 aliphatic rings. The van der Waals surface area contributed by atoms with Crippen molar-refractivity contribution in [2.24, 2.45) is 5.73 Å². The summed E-state index contributed by atoms with van der Waals surface area (Å²) >= 11 is 0. The molecule has 0 amide bonds. The molecule has 0 spiro atoms. The maximum atomic E-state index is 13.0. The Balaban J connectivity index is 2.37. The van der Waals surface area contributed by atoms with Gasteiger partial charge in [-0.2, -0.15) is 0 Å². The summed E-state index contributed by atoms with van der Waals surface area (Å²) in [6.07, 6.45) is 0. The Hall–Kier alpha value is -3.03. The van der Waals surface area contributed by atoms with Gasteiger partial charge in [0, 0.05) is 6.07 Å². The maximum absolute atomic E-state index is 13.0. The molecule has 1 aromatic heterocycles. The van der Waals surface area contributed by atoms with Gasteiger partial charge >= 0.3 is 5.69 Å². The zero-order valence-corrected chi connectivity index (χ0v) is 10.0. The Morgan fingerprint density at radius 1 is 1.40 bits per heavy atom. The number of amidine groups is 1. The van der Waals surface area contributed by atoms with Crippen LogP contribution in [0.5, 0.6) is 11.6 Å². The van der Waals surface area contributed by atoms with Crippen molar-refractivity contribution in [2.45, 2.75) is 0 Å².